The number of carbonyl (C=O) groups excluding carboxylic acids is 1. The molecule has 0 N–H and O–H groups in total. The van der Waals surface area contributed by atoms with Crippen LogP contribution in [-0.4, -0.2) is 24.9 Å². The summed E-state index contributed by atoms with van der Waals surface area (Å²) < 4.78 is 95.6. The van der Waals surface area contributed by atoms with E-state index in [-0.39, 0.29) is 21.1 Å². The Morgan fingerprint density at radius 2 is 2.00 bits per heavy atom. The van der Waals surface area contributed by atoms with E-state index in [0.717, 1.165) is 6.08 Å². The van der Waals surface area contributed by atoms with Gasteiger partial charge in [0, 0.05) is 18.3 Å². The lowest BCUT2D eigenvalue weighted by Gasteiger charge is -2.30. The van der Waals surface area contributed by atoms with Crippen LogP contribution in [0.25, 0.3) is 6.08 Å². The van der Waals surface area contributed by atoms with Crippen LogP contribution in [0.5, 0.6) is 5.75 Å². The first kappa shape index (κ1) is 11.5. The van der Waals surface area contributed by atoms with Crippen LogP contribution in [0.3, 0.4) is 0 Å². The molecular formula is C15H13Br2F3O3. The Morgan fingerprint density at radius 3 is 2.52 bits per heavy atom. The molecule has 1 aromatic rings. The molecule has 0 amide bonds. The highest BCUT2D eigenvalue weighted by Gasteiger charge is 2.49. The van der Waals surface area contributed by atoms with E-state index in [4.69, 9.17) is 13.0 Å². The summed E-state index contributed by atoms with van der Waals surface area (Å²) in [4.78, 5) is 12.1. The van der Waals surface area contributed by atoms with E-state index < -0.39 is 54.4 Å². The van der Waals surface area contributed by atoms with E-state index in [2.05, 4.69) is 36.6 Å². The van der Waals surface area contributed by atoms with Gasteiger partial charge in [0.1, 0.15) is 5.75 Å². The highest BCUT2D eigenvalue weighted by molar-refractivity contribution is 9.11. The average Bonchev–Trinajstić information content (AvgIpc) is 2.50. The quantitative estimate of drug-likeness (QED) is 0.572. The zero-order valence-electron chi connectivity index (χ0n) is 17.5. The highest BCUT2D eigenvalue weighted by atomic mass is 79.9. The summed E-state index contributed by atoms with van der Waals surface area (Å²) in [5, 5.41) is 0. The summed E-state index contributed by atoms with van der Waals surface area (Å²) in [5.41, 5.74) is -2.47. The van der Waals surface area contributed by atoms with Gasteiger partial charge in [-0.3, -0.25) is 0 Å². The molecule has 0 saturated heterocycles. The number of hydrogen-bond donors (Lipinski definition) is 0. The van der Waals surface area contributed by atoms with Gasteiger partial charge in [0.15, 0.2) is 0 Å². The standard InChI is InChI=1S/C15H13Br2F3O3/c1-4-22-14(21)9-5-8-6(2)10(16)7(3)11(17)12(8)23-13(9)15(18,19)20/h5,13H,4H2,1-3H3/i2D3,3D3. The lowest BCUT2D eigenvalue weighted by molar-refractivity contribution is -0.188. The Morgan fingerprint density at radius 1 is 1.35 bits per heavy atom. The van der Waals surface area contributed by atoms with Crippen molar-refractivity contribution >= 4 is 43.9 Å². The predicted molar refractivity (Wildman–Crippen MR) is 86.4 cm³/mol. The number of alkyl halides is 3. The van der Waals surface area contributed by atoms with Crippen molar-refractivity contribution < 1.29 is 35.7 Å². The van der Waals surface area contributed by atoms with Gasteiger partial charge in [-0.1, -0.05) is 15.9 Å². The number of hydrogen-bond acceptors (Lipinski definition) is 3. The van der Waals surface area contributed by atoms with Gasteiger partial charge < -0.3 is 9.47 Å². The maximum absolute atomic E-state index is 13.5. The maximum atomic E-state index is 13.5. The Labute approximate surface area is 156 Å². The molecule has 1 aliphatic heterocycles. The van der Waals surface area contributed by atoms with Crippen molar-refractivity contribution in [2.45, 2.75) is 32.9 Å². The van der Waals surface area contributed by atoms with Crippen LogP contribution < -0.4 is 4.74 Å². The molecule has 8 heteroatoms. The van der Waals surface area contributed by atoms with Crippen LogP contribution in [0.1, 0.15) is 31.8 Å². The van der Waals surface area contributed by atoms with Crippen LogP contribution in [0.15, 0.2) is 14.5 Å². The molecule has 1 aromatic carbocycles. The van der Waals surface area contributed by atoms with Gasteiger partial charge in [-0.05, 0) is 53.8 Å². The van der Waals surface area contributed by atoms with E-state index in [1.165, 1.54) is 6.92 Å². The third-order valence-corrected chi connectivity index (χ3v) is 4.55. The van der Waals surface area contributed by atoms with E-state index in [1.54, 1.807) is 0 Å². The molecule has 1 unspecified atom stereocenters. The van der Waals surface area contributed by atoms with Crippen LogP contribution in [0.2, 0.25) is 0 Å². The number of halogens is 5. The van der Waals surface area contributed by atoms with Gasteiger partial charge in [-0.25, -0.2) is 4.79 Å². The number of rotatable bonds is 2. The second-order valence-electron chi connectivity index (χ2n) is 4.48. The van der Waals surface area contributed by atoms with Gasteiger partial charge in [-0.2, -0.15) is 13.2 Å². The SMILES string of the molecule is [2H]C([2H])([2H])c1c(Br)c2c(c(C([2H])([2H])[2H])c1Br)C=C(C(=O)OCC)C(C(F)(F)F)O2. The molecule has 3 nitrogen and oxygen atoms in total. The third-order valence-electron chi connectivity index (χ3n) is 3.00. The fourth-order valence-corrected chi connectivity index (χ4v) is 3.16. The molecule has 1 heterocycles. The molecule has 0 aliphatic carbocycles. The Hall–Kier alpha value is -1.02. The lowest BCUT2D eigenvalue weighted by Crippen LogP contribution is -2.41. The van der Waals surface area contributed by atoms with Crippen LogP contribution in [-0.2, 0) is 9.53 Å². The van der Waals surface area contributed by atoms with Crippen molar-refractivity contribution in [2.75, 3.05) is 6.61 Å². The summed E-state index contributed by atoms with van der Waals surface area (Å²) in [7, 11) is 0. The molecule has 1 atom stereocenters. The number of benzene rings is 1. The van der Waals surface area contributed by atoms with Crippen LogP contribution in [0, 0.1) is 13.7 Å². The summed E-state index contributed by atoms with van der Waals surface area (Å²) in [6.07, 6.45) is -7.10. The largest absolute Gasteiger partial charge is 0.474 e. The first-order chi connectivity index (χ1) is 13.0. The van der Waals surface area contributed by atoms with Crippen molar-refractivity contribution in [3.05, 3.63) is 31.2 Å². The van der Waals surface area contributed by atoms with Crippen molar-refractivity contribution in [3.8, 4) is 5.75 Å². The summed E-state index contributed by atoms with van der Waals surface area (Å²) in [6, 6.07) is 0. The molecule has 0 bridgehead atoms. The van der Waals surface area contributed by atoms with Crippen molar-refractivity contribution in [3.63, 3.8) is 0 Å². The second kappa shape index (κ2) is 6.47. The van der Waals surface area contributed by atoms with E-state index in [1.807, 2.05) is 0 Å². The molecule has 0 saturated carbocycles. The highest BCUT2D eigenvalue weighted by Crippen LogP contribution is 2.46. The number of ether oxygens (including phenoxy) is 2. The Balaban J connectivity index is 2.96. The fraction of sp³-hybridized carbons (Fsp3) is 0.400. The van der Waals surface area contributed by atoms with Gasteiger partial charge in [0.25, 0.3) is 0 Å². The minimum absolute atomic E-state index is 0.217. The monoisotopic (exact) mass is 462 g/mol. The van der Waals surface area contributed by atoms with Gasteiger partial charge >= 0.3 is 12.1 Å². The molecule has 2 rings (SSSR count). The average molecular weight is 464 g/mol. The lowest BCUT2D eigenvalue weighted by atomic mass is 9.96. The summed E-state index contributed by atoms with van der Waals surface area (Å²) >= 11 is 5.88. The topological polar surface area (TPSA) is 35.5 Å². The van der Waals surface area contributed by atoms with Crippen molar-refractivity contribution in [1.82, 2.24) is 0 Å². The van der Waals surface area contributed by atoms with Gasteiger partial charge in [0.05, 0.1) is 16.7 Å². The zero-order valence-corrected chi connectivity index (χ0v) is 14.6. The second-order valence-corrected chi connectivity index (χ2v) is 6.07. The fourth-order valence-electron chi connectivity index (χ4n) is 1.97. The maximum Gasteiger partial charge on any atom is 0.430 e. The number of esters is 1. The molecule has 0 radical (unpaired) electrons. The predicted octanol–water partition coefficient (Wildman–Crippen LogP) is 5.10. The minimum Gasteiger partial charge on any atom is -0.474 e. The van der Waals surface area contributed by atoms with Crippen LogP contribution in [0.4, 0.5) is 13.2 Å². The third kappa shape index (κ3) is 3.28. The van der Waals surface area contributed by atoms with E-state index in [9.17, 15) is 18.0 Å². The van der Waals surface area contributed by atoms with Gasteiger partial charge in [0.2, 0.25) is 6.10 Å². The van der Waals surface area contributed by atoms with E-state index in [0.29, 0.717) is 0 Å². The first-order valence-electron chi connectivity index (χ1n) is 9.19. The van der Waals surface area contributed by atoms with E-state index >= 15 is 0 Å². The molecule has 0 fully saturated rings. The Kier molecular flexibility index (Phi) is 3.24. The molecule has 1 aliphatic rings. The molecule has 126 valence electrons. The smallest absolute Gasteiger partial charge is 0.430 e. The molecule has 23 heavy (non-hydrogen) atoms. The summed E-state index contributed by atoms with van der Waals surface area (Å²) in [6.45, 7) is -4.64. The number of fused-ring (bicyclic) bond motifs is 1. The Bertz CT molecular complexity index is 878. The molecular weight excluding hydrogens is 445 g/mol. The summed E-state index contributed by atoms with van der Waals surface area (Å²) in [5.74, 6) is -1.97. The first-order valence-corrected chi connectivity index (χ1v) is 7.78. The normalized spacial score (nSPS) is 22.2. The molecule has 0 aromatic heterocycles. The minimum atomic E-state index is -5.05. The van der Waals surface area contributed by atoms with Crippen molar-refractivity contribution in [1.29, 1.82) is 0 Å². The van der Waals surface area contributed by atoms with Gasteiger partial charge in [-0.15, -0.1) is 0 Å². The van der Waals surface area contributed by atoms with Crippen molar-refractivity contribution in [2.24, 2.45) is 0 Å². The number of carbonyl (C=O) groups is 1. The zero-order chi connectivity index (χ0) is 22.5. The molecule has 0 spiro atoms. The van der Waals surface area contributed by atoms with Crippen LogP contribution >= 0.6 is 31.9 Å².